The lowest BCUT2D eigenvalue weighted by Crippen LogP contribution is -2.36. The highest BCUT2D eigenvalue weighted by atomic mass is 16.5. The number of ether oxygens (including phenoxy) is 1. The normalized spacial score (nSPS) is 11.6. The molecule has 0 saturated heterocycles. The van der Waals surface area contributed by atoms with Crippen LogP contribution in [0, 0.1) is 13.8 Å². The van der Waals surface area contributed by atoms with Crippen LogP contribution < -0.4 is 0 Å². The summed E-state index contributed by atoms with van der Waals surface area (Å²) in [5.74, 6) is 0.127. The predicted molar refractivity (Wildman–Crippen MR) is 70.3 cm³/mol. The number of benzene rings is 1. The molecule has 0 spiro atoms. The first-order chi connectivity index (χ1) is 7.86. The average molecular weight is 234 g/mol. The summed E-state index contributed by atoms with van der Waals surface area (Å²) in [6.45, 7) is 10.3. The Morgan fingerprint density at radius 1 is 1.24 bits per heavy atom. The number of rotatable bonds is 5. The summed E-state index contributed by atoms with van der Waals surface area (Å²) in [5, 5.41) is 0. The van der Waals surface area contributed by atoms with E-state index in [0.717, 1.165) is 5.56 Å². The van der Waals surface area contributed by atoms with Crippen molar-refractivity contribution >= 4 is 5.78 Å². The molecule has 17 heavy (non-hydrogen) atoms. The summed E-state index contributed by atoms with van der Waals surface area (Å²) in [6, 6.07) is 6.16. The molecule has 94 valence electrons. The Morgan fingerprint density at radius 2 is 1.88 bits per heavy atom. The van der Waals surface area contributed by atoms with E-state index >= 15 is 0 Å². The van der Waals surface area contributed by atoms with Crippen LogP contribution in [0.5, 0.6) is 0 Å². The Hall–Kier alpha value is -1.15. The van der Waals surface area contributed by atoms with Gasteiger partial charge in [-0.25, -0.2) is 0 Å². The van der Waals surface area contributed by atoms with Gasteiger partial charge in [-0.05, 0) is 51.3 Å². The van der Waals surface area contributed by atoms with Crippen molar-refractivity contribution in [2.45, 2.75) is 46.6 Å². The van der Waals surface area contributed by atoms with Gasteiger partial charge in [-0.2, -0.15) is 0 Å². The van der Waals surface area contributed by atoms with E-state index in [1.54, 1.807) is 0 Å². The lowest BCUT2D eigenvalue weighted by atomic mass is 9.95. The zero-order valence-electron chi connectivity index (χ0n) is 11.5. The largest absolute Gasteiger partial charge is 0.368 e. The van der Waals surface area contributed by atoms with E-state index in [4.69, 9.17) is 4.74 Å². The average Bonchev–Trinajstić information content (AvgIpc) is 2.23. The second-order valence-electron chi connectivity index (χ2n) is 4.96. The molecule has 0 N–H and O–H groups in total. The Kier molecular flexibility index (Phi) is 4.47. The maximum absolute atomic E-state index is 12.1. The van der Waals surface area contributed by atoms with Crippen molar-refractivity contribution in [3.8, 4) is 0 Å². The van der Waals surface area contributed by atoms with Gasteiger partial charge >= 0.3 is 0 Å². The van der Waals surface area contributed by atoms with E-state index in [1.807, 2.05) is 26.8 Å². The van der Waals surface area contributed by atoms with Gasteiger partial charge < -0.3 is 4.74 Å². The number of carbonyl (C=O) groups is 1. The lowest BCUT2D eigenvalue weighted by molar-refractivity contribution is -0.139. The van der Waals surface area contributed by atoms with Gasteiger partial charge in [0, 0.05) is 13.0 Å². The molecule has 0 heterocycles. The minimum absolute atomic E-state index is 0.127. The van der Waals surface area contributed by atoms with Gasteiger partial charge in [-0.15, -0.1) is 0 Å². The van der Waals surface area contributed by atoms with E-state index in [0.29, 0.717) is 13.0 Å². The molecule has 0 aliphatic rings. The molecule has 0 atom stereocenters. The highest BCUT2D eigenvalue weighted by molar-refractivity contribution is 5.88. The Morgan fingerprint density at radius 3 is 2.41 bits per heavy atom. The molecule has 0 fully saturated rings. The highest BCUT2D eigenvalue weighted by Crippen LogP contribution is 2.16. The Bertz CT molecular complexity index is 405. The molecule has 1 aromatic carbocycles. The van der Waals surface area contributed by atoms with Crippen molar-refractivity contribution < 1.29 is 9.53 Å². The Balaban J connectivity index is 2.77. The van der Waals surface area contributed by atoms with Gasteiger partial charge in [0.25, 0.3) is 0 Å². The van der Waals surface area contributed by atoms with E-state index < -0.39 is 5.60 Å². The van der Waals surface area contributed by atoms with Crippen LogP contribution in [0.2, 0.25) is 0 Å². The van der Waals surface area contributed by atoms with Crippen LogP contribution in [-0.2, 0) is 16.0 Å². The first-order valence-corrected chi connectivity index (χ1v) is 6.10. The molecular weight excluding hydrogens is 212 g/mol. The van der Waals surface area contributed by atoms with Crippen LogP contribution in [-0.4, -0.2) is 18.0 Å². The van der Waals surface area contributed by atoms with E-state index in [2.05, 4.69) is 26.0 Å². The molecule has 0 aromatic heterocycles. The number of hydrogen-bond donors (Lipinski definition) is 0. The van der Waals surface area contributed by atoms with Crippen LogP contribution in [0.4, 0.5) is 0 Å². The third-order valence-corrected chi connectivity index (χ3v) is 3.11. The summed E-state index contributed by atoms with van der Waals surface area (Å²) < 4.78 is 5.47. The summed E-state index contributed by atoms with van der Waals surface area (Å²) in [6.07, 6.45) is 0.439. The second-order valence-corrected chi connectivity index (χ2v) is 4.96. The number of carbonyl (C=O) groups excluding carboxylic acids is 1. The lowest BCUT2D eigenvalue weighted by Gasteiger charge is -2.23. The third kappa shape index (κ3) is 3.67. The fourth-order valence-corrected chi connectivity index (χ4v) is 1.75. The van der Waals surface area contributed by atoms with Crippen LogP contribution in [0.15, 0.2) is 18.2 Å². The maximum atomic E-state index is 12.1. The second kappa shape index (κ2) is 5.46. The molecule has 0 saturated carbocycles. The van der Waals surface area contributed by atoms with E-state index in [9.17, 15) is 4.79 Å². The van der Waals surface area contributed by atoms with Crippen LogP contribution in [0.1, 0.15) is 37.5 Å². The molecule has 1 rings (SSSR count). The number of Topliss-reactive ketones (excluding diaryl/α,β-unsaturated/α-hetero) is 1. The molecule has 0 radical (unpaired) electrons. The molecule has 0 bridgehead atoms. The molecule has 2 nitrogen and oxygen atoms in total. The third-order valence-electron chi connectivity index (χ3n) is 3.11. The number of hydrogen-bond acceptors (Lipinski definition) is 2. The van der Waals surface area contributed by atoms with Gasteiger partial charge in [0.15, 0.2) is 5.78 Å². The first-order valence-electron chi connectivity index (χ1n) is 6.10. The quantitative estimate of drug-likeness (QED) is 0.782. The monoisotopic (exact) mass is 234 g/mol. The number of aryl methyl sites for hydroxylation is 2. The van der Waals surface area contributed by atoms with Crippen molar-refractivity contribution in [2.24, 2.45) is 0 Å². The van der Waals surface area contributed by atoms with Gasteiger partial charge in [-0.3, -0.25) is 4.79 Å². The van der Waals surface area contributed by atoms with Crippen molar-refractivity contribution in [2.75, 3.05) is 6.61 Å². The standard InChI is InChI=1S/C15H22O2/c1-6-17-15(4,5)14(16)10-13-8-7-11(2)12(3)9-13/h7-9H,6,10H2,1-5H3. The minimum Gasteiger partial charge on any atom is -0.368 e. The van der Waals surface area contributed by atoms with Gasteiger partial charge in [-0.1, -0.05) is 18.2 Å². The zero-order chi connectivity index (χ0) is 13.1. The van der Waals surface area contributed by atoms with Gasteiger partial charge in [0.1, 0.15) is 5.60 Å². The molecule has 0 aliphatic carbocycles. The summed E-state index contributed by atoms with van der Waals surface area (Å²) in [7, 11) is 0. The van der Waals surface area contributed by atoms with Crippen LogP contribution >= 0.6 is 0 Å². The SMILES string of the molecule is CCOC(C)(C)C(=O)Cc1ccc(C)c(C)c1. The fourth-order valence-electron chi connectivity index (χ4n) is 1.75. The van der Waals surface area contributed by atoms with Gasteiger partial charge in [0.05, 0.1) is 0 Å². The highest BCUT2D eigenvalue weighted by Gasteiger charge is 2.27. The first kappa shape index (κ1) is 13.9. The summed E-state index contributed by atoms with van der Waals surface area (Å²) >= 11 is 0. The van der Waals surface area contributed by atoms with Crippen LogP contribution in [0.25, 0.3) is 0 Å². The van der Waals surface area contributed by atoms with Crippen molar-refractivity contribution in [1.29, 1.82) is 0 Å². The molecule has 0 amide bonds. The van der Waals surface area contributed by atoms with Crippen LogP contribution in [0.3, 0.4) is 0 Å². The fraction of sp³-hybridized carbons (Fsp3) is 0.533. The summed E-state index contributed by atoms with van der Waals surface area (Å²) in [5.41, 5.74) is 2.86. The Labute approximate surface area is 104 Å². The molecule has 0 aliphatic heterocycles. The molecule has 0 unspecified atom stereocenters. The molecular formula is C15H22O2. The van der Waals surface area contributed by atoms with Gasteiger partial charge in [0.2, 0.25) is 0 Å². The van der Waals surface area contributed by atoms with Crippen molar-refractivity contribution in [3.63, 3.8) is 0 Å². The topological polar surface area (TPSA) is 26.3 Å². The number of ketones is 1. The smallest absolute Gasteiger partial charge is 0.168 e. The van der Waals surface area contributed by atoms with E-state index in [1.165, 1.54) is 11.1 Å². The van der Waals surface area contributed by atoms with Crippen molar-refractivity contribution in [3.05, 3.63) is 34.9 Å². The minimum atomic E-state index is -0.687. The molecule has 2 heteroatoms. The molecule has 1 aromatic rings. The predicted octanol–water partition coefficient (Wildman–Crippen LogP) is 3.23. The summed E-state index contributed by atoms with van der Waals surface area (Å²) in [4.78, 5) is 12.1. The maximum Gasteiger partial charge on any atom is 0.168 e. The zero-order valence-corrected chi connectivity index (χ0v) is 11.5. The van der Waals surface area contributed by atoms with Crippen molar-refractivity contribution in [1.82, 2.24) is 0 Å². The van der Waals surface area contributed by atoms with E-state index in [-0.39, 0.29) is 5.78 Å².